The van der Waals surface area contributed by atoms with Crippen LogP contribution in [0, 0.1) is 166 Å². The highest BCUT2D eigenvalue weighted by molar-refractivity contribution is 6.70. The number of halogens is 15. The average molecular weight is 1940 g/mol. The zero-order chi connectivity index (χ0) is 90.5. The van der Waals surface area contributed by atoms with Gasteiger partial charge in [-0.2, -0.15) is 65.9 Å². The van der Waals surface area contributed by atoms with Gasteiger partial charge in [0.15, 0.2) is 38.9 Å². The van der Waals surface area contributed by atoms with Crippen LogP contribution in [-0.4, -0.2) is 149 Å². The van der Waals surface area contributed by atoms with Crippen LogP contribution in [0.25, 0.3) is 0 Å². The molecule has 16 aliphatic rings. The van der Waals surface area contributed by atoms with E-state index in [-0.39, 0.29) is 108 Å². The van der Waals surface area contributed by atoms with E-state index in [1.54, 1.807) is 70.0 Å². The van der Waals surface area contributed by atoms with Crippen LogP contribution in [0.5, 0.6) is 0 Å². The normalized spacial score (nSPS) is 36.1. The molecular formula is C97H183F15O12Si4. The van der Waals surface area contributed by atoms with Crippen LogP contribution in [0.4, 0.5) is 75.4 Å². The lowest BCUT2D eigenvalue weighted by Gasteiger charge is -2.42. The summed E-state index contributed by atoms with van der Waals surface area (Å²) in [5, 5.41) is 19.3. The number of ether oxygens (including phenoxy) is 4. The zero-order valence-corrected chi connectivity index (χ0v) is 80.4. The molecule has 16 fully saturated rings. The van der Waals surface area contributed by atoms with Gasteiger partial charge >= 0.3 is 43.2 Å². The molecule has 0 radical (unpaired) electrons. The predicted molar refractivity (Wildman–Crippen MR) is 496 cm³/mol. The molecule has 16 bridgehead atoms. The van der Waals surface area contributed by atoms with Gasteiger partial charge in [-0.3, -0.25) is 0 Å². The first-order valence-corrected chi connectivity index (χ1v) is 58.9. The number of aliphatic hydroxyl groups is 2. The second kappa shape index (κ2) is 44.9. The molecule has 31 heteroatoms. The van der Waals surface area contributed by atoms with Crippen molar-refractivity contribution in [1.82, 2.24) is 0 Å². The third-order valence-corrected chi connectivity index (χ3v) is 37.1. The van der Waals surface area contributed by atoms with Crippen LogP contribution >= 0.6 is 0 Å². The Morgan fingerprint density at radius 2 is 0.539 bits per heavy atom. The predicted octanol–water partition coefficient (Wildman–Crippen LogP) is 31.1. The van der Waals surface area contributed by atoms with Crippen molar-refractivity contribution in [3.63, 3.8) is 0 Å². The maximum atomic E-state index is 13.9. The molecule has 16 saturated carbocycles. The van der Waals surface area contributed by atoms with E-state index in [0.717, 1.165) is 125 Å². The van der Waals surface area contributed by atoms with Crippen LogP contribution < -0.4 is 0 Å². The van der Waals surface area contributed by atoms with Gasteiger partial charge in [-0.25, -0.2) is 9.59 Å². The molecule has 128 heavy (non-hydrogen) atoms. The average Bonchev–Trinajstić information content (AvgIpc) is 1.57. The Morgan fingerprint density at radius 1 is 0.305 bits per heavy atom. The lowest BCUT2D eigenvalue weighted by molar-refractivity contribution is -0.373. The molecule has 0 amide bonds. The van der Waals surface area contributed by atoms with Crippen molar-refractivity contribution >= 4 is 45.6 Å². The SMILES string of the molecule is C.C.C.C.C.C.C.C.CC(C)(C)OC(=O)OC(C)(CC1CC2CC1C1C3CCC(C3)C21)C(F)(F)F.CC(C)(C)OC(=O)OC(CC1CC2CC1C1C3CCC(C3)C21)C(F)(F)F.CC(O)(CC1CC2CC1C1C3CCC(C3)C21)C(F)(F)F.CO[Si](C)(C)C.CO[Si](C)(C)C.CO[Si](C)(C)C.CO[Si](C)(C)C.OC(CC1CC2CC1C1C3CCC(C3)C21)(C(F)(F)F)C(F)(F)F. The van der Waals surface area contributed by atoms with Gasteiger partial charge < -0.3 is 46.9 Å². The molecule has 0 spiro atoms. The van der Waals surface area contributed by atoms with E-state index in [1.807, 2.05) is 0 Å². The monoisotopic (exact) mass is 1940 g/mol. The molecule has 31 unspecified atom stereocenters. The number of hydrogen-bond acceptors (Lipinski definition) is 12. The summed E-state index contributed by atoms with van der Waals surface area (Å²) in [4.78, 5) is 23.8. The van der Waals surface area contributed by atoms with Crippen molar-refractivity contribution in [3.8, 4) is 0 Å². The first-order chi connectivity index (χ1) is 54.5. The first-order valence-electron chi connectivity index (χ1n) is 45.3. The molecule has 0 aliphatic heterocycles. The Labute approximate surface area is 770 Å². The topological polar surface area (TPSA) is 148 Å². The molecular weight excluding hydrogens is 1750 g/mol. The minimum absolute atomic E-state index is 0. The minimum Gasteiger partial charge on any atom is -0.429 e. The third-order valence-electron chi connectivity index (χ3n) is 32.2. The van der Waals surface area contributed by atoms with E-state index in [2.05, 4.69) is 78.6 Å². The van der Waals surface area contributed by atoms with Gasteiger partial charge in [-0.1, -0.05) is 59.4 Å². The summed E-state index contributed by atoms with van der Waals surface area (Å²) in [6.07, 6.45) is -8.81. The summed E-state index contributed by atoms with van der Waals surface area (Å²) in [5.41, 5.74) is -11.3. The fourth-order valence-electron chi connectivity index (χ4n) is 27.3. The maximum Gasteiger partial charge on any atom is 0.509 e. The zero-order valence-electron chi connectivity index (χ0n) is 76.4. The molecule has 12 nitrogen and oxygen atoms in total. The Morgan fingerprint density at radius 3 is 0.773 bits per heavy atom. The smallest absolute Gasteiger partial charge is 0.429 e. The highest BCUT2D eigenvalue weighted by Gasteiger charge is 2.74. The summed E-state index contributed by atoms with van der Waals surface area (Å²) in [6.45, 7) is 37.6. The Kier molecular flexibility index (Phi) is 43.6. The van der Waals surface area contributed by atoms with Crippen molar-refractivity contribution < 1.29 is 122 Å². The number of carbonyl (C=O) groups is 2. The fraction of sp³-hybridized carbons (Fsp3) is 0.979. The first kappa shape index (κ1) is 124. The van der Waals surface area contributed by atoms with Gasteiger partial charge in [0.25, 0.3) is 5.60 Å². The molecule has 0 saturated heterocycles. The van der Waals surface area contributed by atoms with Gasteiger partial charge in [-0.05, 0) is 454 Å². The van der Waals surface area contributed by atoms with Gasteiger partial charge in [0.1, 0.15) is 11.2 Å². The van der Waals surface area contributed by atoms with Crippen molar-refractivity contribution in [2.45, 2.75) is 412 Å². The van der Waals surface area contributed by atoms with Gasteiger partial charge in [0, 0.05) is 28.4 Å². The summed E-state index contributed by atoms with van der Waals surface area (Å²) in [7, 11) is 2.56. The molecule has 2 N–H and O–H groups in total. The molecule has 764 valence electrons. The van der Waals surface area contributed by atoms with Crippen LogP contribution in [-0.2, 0) is 36.7 Å². The number of rotatable bonds is 14. The quantitative estimate of drug-likeness (QED) is 0.0738. The van der Waals surface area contributed by atoms with Crippen molar-refractivity contribution in [2.75, 3.05) is 28.4 Å². The summed E-state index contributed by atoms with van der Waals surface area (Å²) >= 11 is 0. The van der Waals surface area contributed by atoms with E-state index in [0.29, 0.717) is 83.4 Å². The van der Waals surface area contributed by atoms with Crippen LogP contribution in [0.15, 0.2) is 0 Å². The summed E-state index contributed by atoms with van der Waals surface area (Å²) in [6, 6.07) is 0. The van der Waals surface area contributed by atoms with E-state index in [4.69, 9.17) is 36.7 Å². The fourth-order valence-corrected chi connectivity index (χ4v) is 27.3. The second-order valence-corrected chi connectivity index (χ2v) is 64.8. The van der Waals surface area contributed by atoms with Crippen LogP contribution in [0.2, 0.25) is 78.6 Å². The third kappa shape index (κ3) is 29.1. The Balaban J connectivity index is 0.000000772. The van der Waals surface area contributed by atoms with E-state index in [9.17, 15) is 85.7 Å². The molecule has 31 atom stereocenters. The largest absolute Gasteiger partial charge is 0.509 e. The number of alkyl halides is 15. The summed E-state index contributed by atoms with van der Waals surface area (Å²) < 4.78 is 238. The number of fused-ring (bicyclic) bond motifs is 36. The lowest BCUT2D eigenvalue weighted by atomic mass is 9.65. The molecule has 16 rings (SSSR count). The highest BCUT2D eigenvalue weighted by Crippen LogP contribution is 2.74. The highest BCUT2D eigenvalue weighted by atomic mass is 28.4. The van der Waals surface area contributed by atoms with E-state index in [1.165, 1.54) is 64.2 Å². The lowest BCUT2D eigenvalue weighted by Crippen LogP contribution is -2.58. The number of carbonyl (C=O) groups excluding carboxylic acids is 2. The van der Waals surface area contributed by atoms with Crippen LogP contribution in [0.1, 0.15) is 269 Å². The maximum absolute atomic E-state index is 13.9. The molecule has 0 heterocycles. The Bertz CT molecular complexity index is 3290. The standard InChI is InChI=1S/C21H31F3O3.C20H29F3O3.C16H20F6O.C16H23F3O.4C4H12OSi.8CH4/c1-19(2,3)26-18(25)27-20(4,21(22,23)24)10-14-8-13-9-15(14)17-12-6-5-11(7-12)16(13)17;1-19(2,3)26-18(24)25-15(20(21,22)23)9-12-7-13-8-14(12)17-11-5-4-10(6-11)16(13)17;17-15(18,19)14(23,16(20,21)22)6-10-4-9-5-11(10)13-8-2-1-7(3-8)12(9)13;1-15(20,16(17,18)19)7-11-5-10-6-12(11)14-9-3-2-8(4-9)13(10)14;4*1-5-6(2,3)4;;;;;;;;/h11-17H,5-10H2,1-4H3;10-17H,4-9H2,1-3H3;7-13,23H,1-6H2;8-14,20H,2-7H2,1H3;4*1-4H3;8*1H4. The Hall–Kier alpha value is -1.88. The summed E-state index contributed by atoms with van der Waals surface area (Å²) in [5.74, 6) is 13.8. The van der Waals surface area contributed by atoms with Crippen molar-refractivity contribution in [2.24, 2.45) is 166 Å². The van der Waals surface area contributed by atoms with Crippen molar-refractivity contribution in [1.29, 1.82) is 0 Å². The van der Waals surface area contributed by atoms with Gasteiger partial charge in [0.2, 0.25) is 11.7 Å². The van der Waals surface area contributed by atoms with Crippen LogP contribution in [0.3, 0.4) is 0 Å². The van der Waals surface area contributed by atoms with E-state index < -0.39 is 123 Å². The molecule has 0 aromatic carbocycles. The van der Waals surface area contributed by atoms with Crippen molar-refractivity contribution in [3.05, 3.63) is 0 Å². The number of hydrogen-bond donors (Lipinski definition) is 2. The second-order valence-electron chi connectivity index (χ2n) is 46.2. The van der Waals surface area contributed by atoms with Gasteiger partial charge in [0.05, 0.1) is 0 Å². The molecule has 16 aliphatic carbocycles. The van der Waals surface area contributed by atoms with E-state index >= 15 is 0 Å². The molecule has 0 aromatic rings. The van der Waals surface area contributed by atoms with Gasteiger partial charge in [-0.15, -0.1) is 0 Å². The minimum atomic E-state index is -5.68. The molecule has 0 aromatic heterocycles.